The second-order valence-electron chi connectivity index (χ2n) is 1.44. The summed E-state index contributed by atoms with van der Waals surface area (Å²) >= 11 is 0. The Hall–Kier alpha value is -0.770. The summed E-state index contributed by atoms with van der Waals surface area (Å²) in [6.07, 6.45) is -0.148. The van der Waals surface area contributed by atoms with Gasteiger partial charge in [-0.15, -0.1) is 0 Å². The summed E-state index contributed by atoms with van der Waals surface area (Å²) in [6, 6.07) is 0. The smallest absolute Gasteiger partial charge is 0.404 e. The third-order valence-electron chi connectivity index (χ3n) is 0.703. The first-order valence-electron chi connectivity index (χ1n) is 2.53. The first kappa shape index (κ1) is 7.23. The summed E-state index contributed by atoms with van der Waals surface area (Å²) in [6.45, 7) is 1.29. The molecule has 0 spiro atoms. The van der Waals surface area contributed by atoms with Crippen molar-refractivity contribution >= 4 is 6.09 Å². The van der Waals surface area contributed by atoms with Gasteiger partial charge in [-0.2, -0.15) is 0 Å². The van der Waals surface area contributed by atoms with Crippen molar-refractivity contribution in [3.63, 3.8) is 0 Å². The maximum Gasteiger partial charge on any atom is 0.404 e. The van der Waals surface area contributed by atoms with Gasteiger partial charge in [0.05, 0.1) is 6.54 Å². The van der Waals surface area contributed by atoms with Crippen LogP contribution in [0.4, 0.5) is 4.79 Å². The predicted octanol–water partition coefficient (Wildman–Crippen LogP) is -1.11. The Morgan fingerprint density at radius 1 is 1.75 bits per heavy atom. The third-order valence-corrected chi connectivity index (χ3v) is 0.703. The average molecular weight is 119 g/mol. The summed E-state index contributed by atoms with van der Waals surface area (Å²) < 4.78 is 0. The van der Waals surface area contributed by atoms with Gasteiger partial charge >= 0.3 is 6.09 Å². The van der Waals surface area contributed by atoms with Crippen molar-refractivity contribution < 1.29 is 15.6 Å². The Morgan fingerprint density at radius 2 is 2.38 bits per heavy atom. The third kappa shape index (κ3) is 5.23. The monoisotopic (exact) mass is 119 g/mol. The molecule has 5 N–H and O–H groups in total. The van der Waals surface area contributed by atoms with Gasteiger partial charge in [0.15, 0.2) is 0 Å². The molecule has 0 atom stereocenters. The van der Waals surface area contributed by atoms with Gasteiger partial charge in [-0.3, -0.25) is 0 Å². The van der Waals surface area contributed by atoms with Gasteiger partial charge in [0.2, 0.25) is 0 Å². The summed E-state index contributed by atoms with van der Waals surface area (Å²) in [7, 11) is 0. The highest BCUT2D eigenvalue weighted by Gasteiger charge is 1.90. The van der Waals surface area contributed by atoms with Crippen LogP contribution in [0.2, 0.25) is 0 Å². The van der Waals surface area contributed by atoms with Crippen molar-refractivity contribution in [1.82, 2.24) is 5.32 Å². The summed E-state index contributed by atoms with van der Waals surface area (Å²) in [4.78, 5) is 9.74. The van der Waals surface area contributed by atoms with Crippen molar-refractivity contribution in [2.24, 2.45) is 0 Å². The zero-order valence-electron chi connectivity index (χ0n) is 4.68. The average Bonchev–Trinajstić information content (AvgIpc) is 1.66. The molecule has 0 fully saturated rings. The molecule has 0 saturated carbocycles. The molecule has 0 saturated heterocycles. The van der Waals surface area contributed by atoms with Crippen molar-refractivity contribution in [3.05, 3.63) is 0 Å². The fraction of sp³-hybridized carbons (Fsp3) is 0.750. The van der Waals surface area contributed by atoms with Gasteiger partial charge in [-0.25, -0.2) is 4.79 Å². The fourth-order valence-corrected chi connectivity index (χ4v) is 0.320. The fourth-order valence-electron chi connectivity index (χ4n) is 0.320. The molecular formula is C4H11N2O2+. The zero-order valence-corrected chi connectivity index (χ0v) is 4.68. The van der Waals surface area contributed by atoms with E-state index < -0.39 is 6.09 Å². The Balaban J connectivity index is 2.82. The predicted molar refractivity (Wildman–Crippen MR) is 28.4 cm³/mol. The van der Waals surface area contributed by atoms with Gasteiger partial charge in [-0.05, 0) is 0 Å². The molecule has 48 valence electrons. The molecule has 0 aliphatic carbocycles. The molecule has 1 amide bonds. The molecule has 4 nitrogen and oxygen atoms in total. The Bertz CT molecular complexity index is 74.4. The van der Waals surface area contributed by atoms with Crippen LogP contribution in [0.3, 0.4) is 0 Å². The Morgan fingerprint density at radius 3 is 2.75 bits per heavy atom. The molecule has 0 unspecified atom stereocenters. The van der Waals surface area contributed by atoms with Crippen molar-refractivity contribution in [3.8, 4) is 0 Å². The zero-order chi connectivity index (χ0) is 6.41. The number of nitrogens with one attached hydrogen (secondary N) is 1. The number of carboxylic acid groups (broad SMARTS) is 1. The minimum Gasteiger partial charge on any atom is -0.465 e. The highest BCUT2D eigenvalue weighted by Crippen LogP contribution is 1.66. The lowest BCUT2D eigenvalue weighted by Crippen LogP contribution is -2.51. The molecule has 0 heterocycles. The van der Waals surface area contributed by atoms with Crippen LogP contribution in [0.15, 0.2) is 0 Å². The van der Waals surface area contributed by atoms with Crippen LogP contribution in [0.5, 0.6) is 0 Å². The molecule has 0 radical (unpaired) electrons. The molecule has 0 bridgehead atoms. The topological polar surface area (TPSA) is 77.0 Å². The van der Waals surface area contributed by atoms with Gasteiger partial charge in [0.25, 0.3) is 0 Å². The first-order chi connectivity index (χ1) is 3.77. The largest absolute Gasteiger partial charge is 0.465 e. The lowest BCUT2D eigenvalue weighted by atomic mass is 10.4. The molecule has 0 aromatic rings. The number of rotatable bonds is 3. The van der Waals surface area contributed by atoms with Gasteiger partial charge < -0.3 is 16.2 Å². The molecule has 0 aliphatic heterocycles. The lowest BCUT2D eigenvalue weighted by molar-refractivity contribution is -0.367. The molecular weight excluding hydrogens is 108 g/mol. The van der Waals surface area contributed by atoms with Crippen LogP contribution in [-0.4, -0.2) is 24.3 Å². The highest BCUT2D eigenvalue weighted by atomic mass is 16.4. The minimum atomic E-state index is -0.960. The number of amides is 1. The van der Waals surface area contributed by atoms with Crippen molar-refractivity contribution in [2.75, 3.05) is 13.1 Å². The molecule has 0 aromatic carbocycles. The van der Waals surface area contributed by atoms with Crippen molar-refractivity contribution in [2.45, 2.75) is 6.42 Å². The Kier molecular flexibility index (Phi) is 3.97. The minimum absolute atomic E-state index is 0.513. The SMILES string of the molecule is [NH3+]CCCNC(=O)O. The summed E-state index contributed by atoms with van der Waals surface area (Å²) in [5.41, 5.74) is 3.55. The van der Waals surface area contributed by atoms with Crippen LogP contribution in [0.1, 0.15) is 6.42 Å². The standard InChI is InChI=1S/C4H10N2O2/c5-2-1-3-6-4(7)8/h6H,1-3,5H2,(H,7,8)/p+1. The van der Waals surface area contributed by atoms with E-state index in [9.17, 15) is 4.79 Å². The van der Waals surface area contributed by atoms with Crippen LogP contribution in [-0.2, 0) is 0 Å². The van der Waals surface area contributed by atoms with E-state index in [1.165, 1.54) is 0 Å². The van der Waals surface area contributed by atoms with Gasteiger partial charge in [0, 0.05) is 13.0 Å². The van der Waals surface area contributed by atoms with E-state index in [2.05, 4.69) is 11.1 Å². The van der Waals surface area contributed by atoms with Crippen molar-refractivity contribution in [1.29, 1.82) is 0 Å². The summed E-state index contributed by atoms with van der Waals surface area (Å²) in [5, 5.41) is 10.2. The lowest BCUT2D eigenvalue weighted by Gasteiger charge is -1.93. The quantitative estimate of drug-likeness (QED) is 0.412. The van der Waals surface area contributed by atoms with Crippen LogP contribution in [0, 0.1) is 0 Å². The van der Waals surface area contributed by atoms with Gasteiger partial charge in [0.1, 0.15) is 0 Å². The van der Waals surface area contributed by atoms with Crippen LogP contribution < -0.4 is 11.1 Å². The second kappa shape index (κ2) is 4.39. The summed E-state index contributed by atoms with van der Waals surface area (Å²) in [5.74, 6) is 0. The second-order valence-corrected chi connectivity index (χ2v) is 1.44. The molecule has 0 aromatic heterocycles. The molecule has 0 aliphatic rings. The maximum atomic E-state index is 9.74. The molecule has 8 heavy (non-hydrogen) atoms. The van der Waals surface area contributed by atoms with E-state index in [0.717, 1.165) is 13.0 Å². The number of carbonyl (C=O) groups is 1. The van der Waals surface area contributed by atoms with E-state index in [-0.39, 0.29) is 0 Å². The van der Waals surface area contributed by atoms with E-state index >= 15 is 0 Å². The van der Waals surface area contributed by atoms with E-state index in [1.807, 2.05) is 0 Å². The van der Waals surface area contributed by atoms with Crippen LogP contribution in [0.25, 0.3) is 0 Å². The highest BCUT2D eigenvalue weighted by molar-refractivity contribution is 5.64. The number of quaternary nitrogens is 1. The van der Waals surface area contributed by atoms with Crippen LogP contribution >= 0.6 is 0 Å². The van der Waals surface area contributed by atoms with E-state index in [1.54, 1.807) is 0 Å². The van der Waals surface area contributed by atoms with Gasteiger partial charge in [-0.1, -0.05) is 0 Å². The maximum absolute atomic E-state index is 9.74. The van der Waals surface area contributed by atoms with E-state index in [4.69, 9.17) is 5.11 Å². The molecule has 4 heteroatoms. The van der Waals surface area contributed by atoms with E-state index in [0.29, 0.717) is 6.54 Å². The number of hydrogen-bond donors (Lipinski definition) is 3. The molecule has 0 rings (SSSR count). The Labute approximate surface area is 47.7 Å². The first-order valence-corrected chi connectivity index (χ1v) is 2.53. The number of hydrogen-bond acceptors (Lipinski definition) is 1. The normalized spacial score (nSPS) is 8.62.